The Balaban J connectivity index is 1.51. The zero-order valence-electron chi connectivity index (χ0n) is 19.5. The van der Waals surface area contributed by atoms with Crippen molar-refractivity contribution in [2.45, 2.75) is 52.0 Å². The third kappa shape index (κ3) is 5.57. The highest BCUT2D eigenvalue weighted by Crippen LogP contribution is 2.34. The van der Waals surface area contributed by atoms with Crippen LogP contribution in [0.2, 0.25) is 0 Å². The van der Waals surface area contributed by atoms with Crippen LogP contribution in [0.1, 0.15) is 56.0 Å². The number of fused-ring (bicyclic) bond motifs is 1. The van der Waals surface area contributed by atoms with E-state index in [0.29, 0.717) is 13.1 Å². The monoisotopic (exact) mass is 472 g/mol. The molecular weight excluding hydrogens is 439 g/mol. The van der Waals surface area contributed by atoms with Crippen LogP contribution < -0.4 is 4.74 Å². The summed E-state index contributed by atoms with van der Waals surface area (Å²) in [5.41, 5.74) is 1.06. The number of nitrogens with zero attached hydrogens (tertiary/aromatic N) is 2. The number of halogens is 1. The van der Waals surface area contributed by atoms with Crippen LogP contribution in [0.5, 0.6) is 5.75 Å². The summed E-state index contributed by atoms with van der Waals surface area (Å²) < 4.78 is 20.0. The number of para-hydroxylation sites is 1. The van der Waals surface area contributed by atoms with E-state index in [-0.39, 0.29) is 48.6 Å². The van der Waals surface area contributed by atoms with Crippen molar-refractivity contribution in [1.29, 1.82) is 0 Å². The van der Waals surface area contributed by atoms with E-state index in [2.05, 4.69) is 13.8 Å². The molecule has 2 aliphatic rings. The van der Waals surface area contributed by atoms with Gasteiger partial charge in [0, 0.05) is 23.9 Å². The molecule has 1 atom stereocenters. The summed E-state index contributed by atoms with van der Waals surface area (Å²) in [5, 5.41) is 2.03. The summed E-state index contributed by atoms with van der Waals surface area (Å²) in [6, 6.07) is 8.06. The molecule has 0 spiro atoms. The summed E-state index contributed by atoms with van der Waals surface area (Å²) >= 11 is 1.68. The van der Waals surface area contributed by atoms with E-state index in [4.69, 9.17) is 4.74 Å². The fourth-order valence-corrected chi connectivity index (χ4v) is 5.89. The lowest BCUT2D eigenvalue weighted by atomic mass is 10.00. The molecule has 1 fully saturated rings. The average molecular weight is 473 g/mol. The van der Waals surface area contributed by atoms with Crippen LogP contribution >= 0.6 is 11.3 Å². The smallest absolute Gasteiger partial charge is 0.242 e. The van der Waals surface area contributed by atoms with Crippen molar-refractivity contribution < 1.29 is 18.7 Å². The summed E-state index contributed by atoms with van der Waals surface area (Å²) in [6.45, 7) is 5.56. The summed E-state index contributed by atoms with van der Waals surface area (Å²) in [4.78, 5) is 31.5. The van der Waals surface area contributed by atoms with Gasteiger partial charge in [0.1, 0.15) is 6.61 Å². The van der Waals surface area contributed by atoms with Crippen LogP contribution in [0.3, 0.4) is 0 Å². The topological polar surface area (TPSA) is 49.9 Å². The molecule has 178 valence electrons. The lowest BCUT2D eigenvalue weighted by molar-refractivity contribution is -0.145. The number of thiophene rings is 1. The second-order valence-electron chi connectivity index (χ2n) is 9.49. The maximum absolute atomic E-state index is 14.1. The fraction of sp³-hybridized carbons (Fsp3) is 0.538. The first-order valence-corrected chi connectivity index (χ1v) is 12.8. The van der Waals surface area contributed by atoms with Gasteiger partial charge in [-0.15, -0.1) is 11.3 Å². The molecule has 5 nitrogen and oxygen atoms in total. The third-order valence-electron chi connectivity index (χ3n) is 6.58. The number of hydrogen-bond donors (Lipinski definition) is 0. The minimum atomic E-state index is -0.415. The Hall–Kier alpha value is -2.41. The Morgan fingerprint density at radius 3 is 2.70 bits per heavy atom. The van der Waals surface area contributed by atoms with Crippen molar-refractivity contribution in [1.82, 2.24) is 9.80 Å². The van der Waals surface area contributed by atoms with Gasteiger partial charge >= 0.3 is 0 Å². The Morgan fingerprint density at radius 1 is 1.21 bits per heavy atom. The van der Waals surface area contributed by atoms with Gasteiger partial charge in [0.05, 0.1) is 12.6 Å². The molecule has 33 heavy (non-hydrogen) atoms. The largest absolute Gasteiger partial charge is 0.488 e. The van der Waals surface area contributed by atoms with Crippen LogP contribution in [0.4, 0.5) is 4.39 Å². The zero-order chi connectivity index (χ0) is 23.4. The van der Waals surface area contributed by atoms with Crippen molar-refractivity contribution in [3.63, 3.8) is 0 Å². The molecular formula is C26H33FN2O3S. The van der Waals surface area contributed by atoms with Crippen LogP contribution in [0, 0.1) is 17.7 Å². The summed E-state index contributed by atoms with van der Waals surface area (Å²) in [5.74, 6) is 0.143. The molecule has 2 heterocycles. The second kappa shape index (κ2) is 10.7. The standard InChI is InChI=1S/C26H33FN2O3S/c1-18(2)15-28(26(31)19-7-3-4-8-19)16-25(30)29-13-11-24-20(12-14-33-24)22(29)17-32-23-10-6-5-9-21(23)27/h5-6,9-10,12,14,18-19,22H,3-4,7-8,11,13,15-17H2,1-2H3. The SMILES string of the molecule is CC(C)CN(CC(=O)N1CCc2sccc2C1COc1ccccc1F)C(=O)C1CCCC1. The van der Waals surface area contributed by atoms with E-state index in [1.54, 1.807) is 34.4 Å². The van der Waals surface area contributed by atoms with E-state index in [1.807, 2.05) is 16.3 Å². The number of carbonyl (C=O) groups excluding carboxylic acids is 2. The number of hydrogen-bond acceptors (Lipinski definition) is 4. The van der Waals surface area contributed by atoms with Gasteiger partial charge in [-0.2, -0.15) is 0 Å². The first kappa shape index (κ1) is 23.7. The molecule has 0 radical (unpaired) electrons. The van der Waals surface area contributed by atoms with Crippen molar-refractivity contribution >= 4 is 23.2 Å². The molecule has 0 N–H and O–H groups in total. The van der Waals surface area contributed by atoms with Crippen molar-refractivity contribution in [3.05, 3.63) is 52.0 Å². The van der Waals surface area contributed by atoms with Crippen LogP contribution in [-0.4, -0.2) is 47.9 Å². The van der Waals surface area contributed by atoms with Crippen LogP contribution in [0.15, 0.2) is 35.7 Å². The highest BCUT2D eigenvalue weighted by molar-refractivity contribution is 7.10. The van der Waals surface area contributed by atoms with E-state index in [9.17, 15) is 14.0 Å². The second-order valence-corrected chi connectivity index (χ2v) is 10.5. The van der Waals surface area contributed by atoms with Gasteiger partial charge in [-0.05, 0) is 54.3 Å². The molecule has 4 rings (SSSR count). The lowest BCUT2D eigenvalue weighted by Gasteiger charge is -2.37. The maximum Gasteiger partial charge on any atom is 0.242 e. The minimum absolute atomic E-state index is 0.0431. The molecule has 1 saturated carbocycles. The number of rotatable bonds is 8. The molecule has 0 bridgehead atoms. The highest BCUT2D eigenvalue weighted by Gasteiger charge is 2.35. The predicted octanol–water partition coefficient (Wildman–Crippen LogP) is 5.07. The number of amides is 2. The Labute approximate surface area is 199 Å². The van der Waals surface area contributed by atoms with E-state index >= 15 is 0 Å². The molecule has 1 aliphatic heterocycles. The third-order valence-corrected chi connectivity index (χ3v) is 7.57. The van der Waals surface area contributed by atoms with Gasteiger partial charge in [-0.3, -0.25) is 9.59 Å². The molecule has 7 heteroatoms. The molecule has 2 aromatic rings. The quantitative estimate of drug-likeness (QED) is 0.539. The average Bonchev–Trinajstić information content (AvgIpc) is 3.49. The van der Waals surface area contributed by atoms with Crippen LogP contribution in [0.25, 0.3) is 0 Å². The maximum atomic E-state index is 14.1. The molecule has 1 unspecified atom stereocenters. The van der Waals surface area contributed by atoms with Gasteiger partial charge < -0.3 is 14.5 Å². The number of ether oxygens (including phenoxy) is 1. The van der Waals surface area contributed by atoms with E-state index < -0.39 is 5.82 Å². The van der Waals surface area contributed by atoms with Crippen molar-refractivity contribution in [2.24, 2.45) is 11.8 Å². The van der Waals surface area contributed by atoms with Gasteiger partial charge in [-0.25, -0.2) is 4.39 Å². The van der Waals surface area contributed by atoms with Gasteiger partial charge in [0.15, 0.2) is 11.6 Å². The van der Waals surface area contributed by atoms with Gasteiger partial charge in [0.2, 0.25) is 11.8 Å². The minimum Gasteiger partial charge on any atom is -0.488 e. The highest BCUT2D eigenvalue weighted by atomic mass is 32.1. The first-order chi connectivity index (χ1) is 15.9. The Bertz CT molecular complexity index is 970. The molecule has 1 aliphatic carbocycles. The number of benzene rings is 1. The zero-order valence-corrected chi connectivity index (χ0v) is 20.3. The molecule has 1 aromatic heterocycles. The lowest BCUT2D eigenvalue weighted by Crippen LogP contribution is -2.49. The van der Waals surface area contributed by atoms with Crippen LogP contribution in [-0.2, 0) is 16.0 Å². The summed E-state index contributed by atoms with van der Waals surface area (Å²) in [7, 11) is 0. The Morgan fingerprint density at radius 2 is 1.97 bits per heavy atom. The normalized spacial score (nSPS) is 18.4. The number of carbonyl (C=O) groups is 2. The van der Waals surface area contributed by atoms with Gasteiger partial charge in [0.25, 0.3) is 0 Å². The molecule has 2 amide bonds. The first-order valence-electron chi connectivity index (χ1n) is 12.0. The van der Waals surface area contributed by atoms with Crippen molar-refractivity contribution in [2.75, 3.05) is 26.2 Å². The summed E-state index contributed by atoms with van der Waals surface area (Å²) in [6.07, 6.45) is 4.80. The van der Waals surface area contributed by atoms with Gasteiger partial charge in [-0.1, -0.05) is 38.8 Å². The Kier molecular flexibility index (Phi) is 7.68. The predicted molar refractivity (Wildman–Crippen MR) is 128 cm³/mol. The molecule has 0 saturated heterocycles. The van der Waals surface area contributed by atoms with E-state index in [0.717, 1.165) is 37.7 Å². The molecule has 1 aromatic carbocycles. The fourth-order valence-electron chi connectivity index (χ4n) is 4.96. The van der Waals surface area contributed by atoms with E-state index in [1.165, 1.54) is 10.9 Å². The van der Waals surface area contributed by atoms with Crippen molar-refractivity contribution in [3.8, 4) is 5.75 Å².